The van der Waals surface area contributed by atoms with Crippen molar-refractivity contribution in [3.8, 4) is 23.0 Å². The minimum Gasteiger partial charge on any atom is -0.341 e. The first-order valence-corrected chi connectivity index (χ1v) is 10.9. The molecule has 1 aliphatic carbocycles. The van der Waals surface area contributed by atoms with Crippen LogP contribution in [0, 0.1) is 5.92 Å². The normalized spacial score (nSPS) is 18.5. The standard InChI is InChI=1S/C23H24N8/c1-3-18-22-28-26-14-30(22)19-13-25-23(27-21(19)31(18)15(2)16-9-10-16)29-12-11-24-20(29)17-7-5-4-6-8-17/h4-8,11-16,18H,3,9-10H2,1-2H3/t15?,18-/m1/s1. The van der Waals surface area contributed by atoms with Crippen molar-refractivity contribution in [1.29, 1.82) is 0 Å². The van der Waals surface area contributed by atoms with Gasteiger partial charge in [0.05, 0.1) is 12.2 Å². The van der Waals surface area contributed by atoms with Crippen molar-refractivity contribution >= 4 is 5.82 Å². The molecule has 0 spiro atoms. The van der Waals surface area contributed by atoms with Crippen LogP contribution < -0.4 is 4.90 Å². The highest BCUT2D eigenvalue weighted by molar-refractivity contribution is 5.64. The third-order valence-corrected chi connectivity index (χ3v) is 6.47. The van der Waals surface area contributed by atoms with Gasteiger partial charge in [-0.3, -0.25) is 9.13 Å². The van der Waals surface area contributed by atoms with E-state index in [1.54, 1.807) is 12.5 Å². The minimum absolute atomic E-state index is 0.143. The van der Waals surface area contributed by atoms with Gasteiger partial charge >= 0.3 is 0 Å². The first-order chi connectivity index (χ1) is 15.3. The summed E-state index contributed by atoms with van der Waals surface area (Å²) >= 11 is 0. The topological polar surface area (TPSA) is 77.5 Å². The quantitative estimate of drug-likeness (QED) is 0.493. The number of benzene rings is 1. The Labute approximate surface area is 180 Å². The lowest BCUT2D eigenvalue weighted by atomic mass is 10.0. The van der Waals surface area contributed by atoms with Crippen LogP contribution >= 0.6 is 0 Å². The second kappa shape index (κ2) is 7.01. The minimum atomic E-state index is 0.143. The number of anilines is 1. The molecule has 2 atom stereocenters. The van der Waals surface area contributed by atoms with E-state index in [2.05, 4.69) is 46.1 Å². The van der Waals surface area contributed by atoms with Crippen molar-refractivity contribution in [3.05, 3.63) is 61.1 Å². The van der Waals surface area contributed by atoms with Crippen LogP contribution in [0.2, 0.25) is 0 Å². The molecule has 4 aromatic rings. The third kappa shape index (κ3) is 2.85. The SMILES string of the molecule is CC[C@@H]1c2nncn2-c2cnc(-n3ccnc3-c3ccccc3)nc2N1C(C)C1CC1. The summed E-state index contributed by atoms with van der Waals surface area (Å²) in [4.78, 5) is 16.8. The molecule has 1 unspecified atom stereocenters. The van der Waals surface area contributed by atoms with Gasteiger partial charge in [0.25, 0.3) is 0 Å². The number of nitrogens with zero attached hydrogens (tertiary/aromatic N) is 8. The molecule has 0 N–H and O–H groups in total. The van der Waals surface area contributed by atoms with E-state index in [9.17, 15) is 0 Å². The molecule has 156 valence electrons. The second-order valence-corrected chi connectivity index (χ2v) is 8.33. The predicted molar refractivity (Wildman–Crippen MR) is 117 cm³/mol. The maximum absolute atomic E-state index is 5.09. The molecule has 4 heterocycles. The maximum Gasteiger partial charge on any atom is 0.237 e. The molecule has 1 fully saturated rings. The summed E-state index contributed by atoms with van der Waals surface area (Å²) in [5, 5.41) is 8.64. The van der Waals surface area contributed by atoms with Gasteiger partial charge in [-0.25, -0.2) is 9.97 Å². The molecule has 8 heteroatoms. The van der Waals surface area contributed by atoms with Crippen molar-refractivity contribution in [2.24, 2.45) is 5.92 Å². The van der Waals surface area contributed by atoms with Crippen LogP contribution in [-0.2, 0) is 0 Å². The molecule has 31 heavy (non-hydrogen) atoms. The van der Waals surface area contributed by atoms with Gasteiger partial charge in [0.15, 0.2) is 11.6 Å². The Bertz CT molecular complexity index is 1220. The van der Waals surface area contributed by atoms with E-state index in [0.717, 1.165) is 35.1 Å². The number of aromatic nitrogens is 7. The van der Waals surface area contributed by atoms with Gasteiger partial charge in [-0.2, -0.15) is 4.98 Å². The van der Waals surface area contributed by atoms with Crippen LogP contribution in [0.1, 0.15) is 45.0 Å². The van der Waals surface area contributed by atoms with E-state index < -0.39 is 0 Å². The molecule has 1 saturated carbocycles. The van der Waals surface area contributed by atoms with Crippen LogP contribution in [0.4, 0.5) is 5.82 Å². The van der Waals surface area contributed by atoms with Crippen molar-refractivity contribution < 1.29 is 0 Å². The molecule has 0 radical (unpaired) electrons. The van der Waals surface area contributed by atoms with Gasteiger partial charge in [0, 0.05) is 24.0 Å². The number of fused-ring (bicyclic) bond motifs is 3. The molecule has 1 aliphatic heterocycles. The van der Waals surface area contributed by atoms with Crippen molar-refractivity contribution in [2.45, 2.75) is 45.2 Å². The molecular weight excluding hydrogens is 388 g/mol. The smallest absolute Gasteiger partial charge is 0.237 e. The molecule has 1 aromatic carbocycles. The zero-order valence-electron chi connectivity index (χ0n) is 17.6. The number of hydrogen-bond acceptors (Lipinski definition) is 6. The first-order valence-electron chi connectivity index (χ1n) is 10.9. The number of imidazole rings is 1. The summed E-state index contributed by atoms with van der Waals surface area (Å²) < 4.78 is 3.99. The summed E-state index contributed by atoms with van der Waals surface area (Å²) in [6.07, 6.45) is 10.9. The Hall–Kier alpha value is -3.55. The molecule has 0 amide bonds. The first kappa shape index (κ1) is 18.2. The Morgan fingerprint density at radius 1 is 1.10 bits per heavy atom. The molecule has 8 nitrogen and oxygen atoms in total. The Morgan fingerprint density at radius 3 is 2.71 bits per heavy atom. The lowest BCUT2D eigenvalue weighted by Gasteiger charge is -2.41. The lowest BCUT2D eigenvalue weighted by molar-refractivity contribution is 0.454. The molecule has 0 bridgehead atoms. The third-order valence-electron chi connectivity index (χ3n) is 6.47. The predicted octanol–water partition coefficient (Wildman–Crippen LogP) is 3.98. The Balaban J connectivity index is 1.51. The number of hydrogen-bond donors (Lipinski definition) is 0. The fraction of sp³-hybridized carbons (Fsp3) is 0.348. The molecule has 0 saturated heterocycles. The zero-order valence-corrected chi connectivity index (χ0v) is 17.6. The summed E-state index contributed by atoms with van der Waals surface area (Å²) in [6.45, 7) is 4.51. The average molecular weight is 413 g/mol. The fourth-order valence-corrected chi connectivity index (χ4v) is 4.69. The van der Waals surface area contributed by atoms with E-state index in [1.807, 2.05) is 39.7 Å². The highest BCUT2D eigenvalue weighted by Crippen LogP contribution is 2.45. The van der Waals surface area contributed by atoms with Gasteiger partial charge < -0.3 is 4.90 Å². The average Bonchev–Trinajstić information content (AvgIpc) is 3.34. The van der Waals surface area contributed by atoms with Crippen LogP contribution in [0.25, 0.3) is 23.0 Å². The second-order valence-electron chi connectivity index (χ2n) is 8.33. The van der Waals surface area contributed by atoms with E-state index in [4.69, 9.17) is 9.97 Å². The van der Waals surface area contributed by atoms with Gasteiger partial charge in [-0.1, -0.05) is 37.3 Å². The van der Waals surface area contributed by atoms with Crippen LogP contribution in [-0.4, -0.2) is 40.3 Å². The molecule has 6 rings (SSSR count). The van der Waals surface area contributed by atoms with E-state index in [1.165, 1.54) is 12.8 Å². The van der Waals surface area contributed by atoms with E-state index in [-0.39, 0.29) is 6.04 Å². The summed E-state index contributed by atoms with van der Waals surface area (Å²) in [5.74, 6) is 4.05. The van der Waals surface area contributed by atoms with Crippen LogP contribution in [0.15, 0.2) is 55.2 Å². The summed E-state index contributed by atoms with van der Waals surface area (Å²) in [7, 11) is 0. The van der Waals surface area contributed by atoms with Crippen LogP contribution in [0.5, 0.6) is 0 Å². The highest BCUT2D eigenvalue weighted by atomic mass is 15.4. The van der Waals surface area contributed by atoms with Crippen molar-refractivity contribution in [3.63, 3.8) is 0 Å². The van der Waals surface area contributed by atoms with Gasteiger partial charge in [-0.15, -0.1) is 10.2 Å². The van der Waals surface area contributed by atoms with Gasteiger partial charge in [0.1, 0.15) is 17.8 Å². The Kier molecular flexibility index (Phi) is 4.12. The molecular formula is C23H24N8. The largest absolute Gasteiger partial charge is 0.341 e. The summed E-state index contributed by atoms with van der Waals surface area (Å²) in [5.41, 5.74) is 1.96. The zero-order chi connectivity index (χ0) is 20.9. The number of rotatable bonds is 5. The molecule has 2 aliphatic rings. The Morgan fingerprint density at radius 2 is 1.94 bits per heavy atom. The van der Waals surface area contributed by atoms with E-state index in [0.29, 0.717) is 17.9 Å². The van der Waals surface area contributed by atoms with Crippen LogP contribution in [0.3, 0.4) is 0 Å². The fourth-order valence-electron chi connectivity index (χ4n) is 4.69. The van der Waals surface area contributed by atoms with Crippen molar-refractivity contribution in [2.75, 3.05) is 4.90 Å². The highest BCUT2D eigenvalue weighted by Gasteiger charge is 2.41. The maximum atomic E-state index is 5.09. The van der Waals surface area contributed by atoms with Gasteiger partial charge in [-0.05, 0) is 32.1 Å². The van der Waals surface area contributed by atoms with Gasteiger partial charge in [0.2, 0.25) is 5.95 Å². The lowest BCUT2D eigenvalue weighted by Crippen LogP contribution is -2.43. The summed E-state index contributed by atoms with van der Waals surface area (Å²) in [6, 6.07) is 10.7. The molecule has 3 aromatic heterocycles. The van der Waals surface area contributed by atoms with Crippen molar-refractivity contribution in [1.82, 2.24) is 34.3 Å². The van der Waals surface area contributed by atoms with E-state index >= 15 is 0 Å². The monoisotopic (exact) mass is 412 g/mol.